The van der Waals surface area contributed by atoms with E-state index in [4.69, 9.17) is 0 Å². The number of nitrogens with zero attached hydrogens (tertiary/aromatic N) is 1. The van der Waals surface area contributed by atoms with Gasteiger partial charge in [-0.05, 0) is 48.6 Å². The minimum absolute atomic E-state index is 0.0341. The third-order valence-corrected chi connectivity index (χ3v) is 6.83. The summed E-state index contributed by atoms with van der Waals surface area (Å²) in [7, 11) is 0. The van der Waals surface area contributed by atoms with E-state index in [2.05, 4.69) is 29.6 Å². The van der Waals surface area contributed by atoms with E-state index in [1.807, 2.05) is 12.1 Å². The topological polar surface area (TPSA) is 66.5 Å². The number of imide groups is 1. The van der Waals surface area contributed by atoms with Crippen LogP contribution in [0.5, 0.6) is 0 Å². The molecule has 3 aliphatic carbocycles. The highest BCUT2D eigenvalue weighted by Gasteiger charge is 2.59. The molecule has 0 radical (unpaired) electrons. The van der Waals surface area contributed by atoms with Crippen LogP contribution >= 0.6 is 0 Å². The summed E-state index contributed by atoms with van der Waals surface area (Å²) >= 11 is 0. The Balaban J connectivity index is 1.21. The normalized spacial score (nSPS) is 33.3. The molecule has 0 unspecified atom stereocenters. The third-order valence-electron chi connectivity index (χ3n) is 6.83. The third kappa shape index (κ3) is 2.63. The van der Waals surface area contributed by atoms with Crippen molar-refractivity contribution in [1.82, 2.24) is 10.2 Å². The number of hydrogen-bond donors (Lipinski definition) is 1. The number of fused-ring (bicyclic) bond motifs is 6. The van der Waals surface area contributed by atoms with Gasteiger partial charge in [-0.25, -0.2) is 0 Å². The molecule has 27 heavy (non-hydrogen) atoms. The Hall–Kier alpha value is -2.43. The summed E-state index contributed by atoms with van der Waals surface area (Å²) in [4.78, 5) is 39.2. The molecule has 2 bridgehead atoms. The van der Waals surface area contributed by atoms with Crippen molar-refractivity contribution >= 4 is 17.7 Å². The maximum absolute atomic E-state index is 12.7. The van der Waals surface area contributed by atoms with Crippen LogP contribution in [0.15, 0.2) is 36.4 Å². The SMILES string of the molecule is O=C(CCN1C(=O)[C@H]2[C@H](C1=O)[C@H]1C=C[C@H]2C1)N[C@H]1CCCc2ccccc21. The van der Waals surface area contributed by atoms with Gasteiger partial charge in [0.2, 0.25) is 17.7 Å². The lowest BCUT2D eigenvalue weighted by Gasteiger charge is -2.26. The molecule has 4 aliphatic rings. The summed E-state index contributed by atoms with van der Waals surface area (Å²) in [5, 5.41) is 3.11. The van der Waals surface area contributed by atoms with Gasteiger partial charge in [-0.1, -0.05) is 36.4 Å². The molecule has 3 amide bonds. The van der Waals surface area contributed by atoms with Crippen molar-refractivity contribution in [2.45, 2.75) is 38.1 Å². The fourth-order valence-corrected chi connectivity index (χ4v) is 5.57. The first-order chi connectivity index (χ1) is 13.1. The van der Waals surface area contributed by atoms with E-state index in [0.717, 1.165) is 25.7 Å². The largest absolute Gasteiger partial charge is 0.349 e. The maximum Gasteiger partial charge on any atom is 0.233 e. The number of aryl methyl sites for hydroxylation is 1. The number of carbonyl (C=O) groups excluding carboxylic acids is 3. The molecule has 5 atom stereocenters. The van der Waals surface area contributed by atoms with Gasteiger partial charge in [0.1, 0.15) is 0 Å². The van der Waals surface area contributed by atoms with Crippen LogP contribution in [0.25, 0.3) is 0 Å². The highest BCUT2D eigenvalue weighted by atomic mass is 16.2. The number of rotatable bonds is 4. The summed E-state index contributed by atoms with van der Waals surface area (Å²) < 4.78 is 0. The predicted molar refractivity (Wildman–Crippen MR) is 99.3 cm³/mol. The van der Waals surface area contributed by atoms with Crippen molar-refractivity contribution in [2.24, 2.45) is 23.7 Å². The lowest BCUT2D eigenvalue weighted by Crippen LogP contribution is -2.38. The molecule has 1 heterocycles. The summed E-state index contributed by atoms with van der Waals surface area (Å²) in [6, 6.07) is 8.28. The average molecular weight is 364 g/mol. The van der Waals surface area contributed by atoms with E-state index in [-0.39, 0.29) is 60.4 Å². The summed E-state index contributed by atoms with van der Waals surface area (Å²) in [5.41, 5.74) is 2.50. The molecular weight excluding hydrogens is 340 g/mol. The Bertz CT molecular complexity index is 816. The van der Waals surface area contributed by atoms with Crippen LogP contribution in [0.4, 0.5) is 0 Å². The van der Waals surface area contributed by atoms with Crippen molar-refractivity contribution in [2.75, 3.05) is 6.54 Å². The van der Waals surface area contributed by atoms with Gasteiger partial charge < -0.3 is 5.32 Å². The van der Waals surface area contributed by atoms with Gasteiger partial charge in [-0.2, -0.15) is 0 Å². The molecule has 0 spiro atoms. The molecule has 2 fully saturated rings. The highest BCUT2D eigenvalue weighted by molar-refractivity contribution is 6.06. The molecule has 140 valence electrons. The second kappa shape index (κ2) is 6.32. The van der Waals surface area contributed by atoms with E-state index in [1.165, 1.54) is 16.0 Å². The first kappa shape index (κ1) is 16.7. The second-order valence-corrected chi connectivity index (χ2v) is 8.29. The summed E-state index contributed by atoms with van der Waals surface area (Å²) in [5.74, 6) is -0.157. The lowest BCUT2D eigenvalue weighted by atomic mass is 9.85. The zero-order chi connectivity index (χ0) is 18.5. The molecule has 5 nitrogen and oxygen atoms in total. The molecule has 1 aromatic rings. The van der Waals surface area contributed by atoms with E-state index in [1.54, 1.807) is 0 Å². The minimum Gasteiger partial charge on any atom is -0.349 e. The van der Waals surface area contributed by atoms with Gasteiger partial charge in [0.05, 0.1) is 17.9 Å². The van der Waals surface area contributed by atoms with Crippen molar-refractivity contribution in [3.05, 3.63) is 47.5 Å². The number of carbonyl (C=O) groups is 3. The molecule has 5 heteroatoms. The molecule has 1 aliphatic heterocycles. The number of likely N-dealkylation sites (tertiary alicyclic amines) is 1. The molecule has 0 aromatic heterocycles. The van der Waals surface area contributed by atoms with Crippen LogP contribution in [0.3, 0.4) is 0 Å². The highest BCUT2D eigenvalue weighted by Crippen LogP contribution is 2.52. The zero-order valence-electron chi connectivity index (χ0n) is 15.3. The zero-order valence-corrected chi connectivity index (χ0v) is 15.3. The van der Waals surface area contributed by atoms with Gasteiger partial charge in [-0.3, -0.25) is 19.3 Å². The van der Waals surface area contributed by atoms with Gasteiger partial charge in [-0.15, -0.1) is 0 Å². The lowest BCUT2D eigenvalue weighted by molar-refractivity contribution is -0.141. The number of amides is 3. The number of hydrogen-bond acceptors (Lipinski definition) is 3. The van der Waals surface area contributed by atoms with Crippen LogP contribution in [-0.2, 0) is 20.8 Å². The van der Waals surface area contributed by atoms with Crippen molar-refractivity contribution in [1.29, 1.82) is 0 Å². The van der Waals surface area contributed by atoms with Crippen molar-refractivity contribution in [3.8, 4) is 0 Å². The van der Waals surface area contributed by atoms with Crippen LogP contribution in [0.1, 0.15) is 42.9 Å². The number of allylic oxidation sites excluding steroid dienone is 2. The predicted octanol–water partition coefficient (Wildman–Crippen LogP) is 2.38. The maximum atomic E-state index is 12.7. The standard InChI is InChI=1S/C22H24N2O3/c25-18(23-17-7-3-5-13-4-1-2-6-16(13)17)10-11-24-21(26)19-14-8-9-15(12-14)20(19)22(24)27/h1-2,4,6,8-9,14-15,17,19-20H,3,5,7,10-12H2,(H,23,25)/t14-,15-,17-,19+,20+/m0/s1. The fourth-order valence-electron chi connectivity index (χ4n) is 5.57. The van der Waals surface area contributed by atoms with Gasteiger partial charge in [0.25, 0.3) is 0 Å². The molecule has 5 rings (SSSR count). The molecule has 1 N–H and O–H groups in total. The second-order valence-electron chi connectivity index (χ2n) is 8.29. The quantitative estimate of drug-likeness (QED) is 0.659. The average Bonchev–Trinajstić information content (AvgIpc) is 3.35. The molecule has 1 aromatic carbocycles. The molecular formula is C22H24N2O3. The number of nitrogens with one attached hydrogen (secondary N) is 1. The van der Waals surface area contributed by atoms with Crippen LogP contribution in [0, 0.1) is 23.7 Å². The van der Waals surface area contributed by atoms with Crippen molar-refractivity contribution < 1.29 is 14.4 Å². The van der Waals surface area contributed by atoms with Gasteiger partial charge >= 0.3 is 0 Å². The van der Waals surface area contributed by atoms with Crippen LogP contribution < -0.4 is 5.32 Å². The summed E-state index contributed by atoms with van der Waals surface area (Å²) in [6.07, 6.45) is 8.34. The van der Waals surface area contributed by atoms with Gasteiger partial charge in [0.15, 0.2) is 0 Å². The first-order valence-electron chi connectivity index (χ1n) is 10.0. The Labute approximate surface area is 158 Å². The van der Waals surface area contributed by atoms with E-state index >= 15 is 0 Å². The fraction of sp³-hybridized carbons (Fsp3) is 0.500. The van der Waals surface area contributed by atoms with E-state index in [9.17, 15) is 14.4 Å². The minimum atomic E-state index is -0.180. The summed E-state index contributed by atoms with van der Waals surface area (Å²) in [6.45, 7) is 0.199. The Kier molecular flexibility index (Phi) is 3.92. The van der Waals surface area contributed by atoms with Crippen LogP contribution in [0.2, 0.25) is 0 Å². The Morgan fingerprint density at radius 3 is 2.52 bits per heavy atom. The van der Waals surface area contributed by atoms with Crippen molar-refractivity contribution in [3.63, 3.8) is 0 Å². The van der Waals surface area contributed by atoms with Gasteiger partial charge in [0, 0.05) is 13.0 Å². The van der Waals surface area contributed by atoms with Crippen LogP contribution in [-0.4, -0.2) is 29.2 Å². The Morgan fingerprint density at radius 1 is 1.07 bits per heavy atom. The first-order valence-corrected chi connectivity index (χ1v) is 10.0. The Morgan fingerprint density at radius 2 is 1.78 bits per heavy atom. The monoisotopic (exact) mass is 364 g/mol. The smallest absolute Gasteiger partial charge is 0.233 e. The number of benzene rings is 1. The van der Waals surface area contributed by atoms with E-state index in [0.29, 0.717) is 0 Å². The van der Waals surface area contributed by atoms with E-state index < -0.39 is 0 Å². The molecule has 1 saturated carbocycles. The molecule has 1 saturated heterocycles.